The third-order valence-corrected chi connectivity index (χ3v) is 6.75. The quantitative estimate of drug-likeness (QED) is 0.293. The second kappa shape index (κ2) is 12.5. The van der Waals surface area contributed by atoms with E-state index in [1.165, 1.54) is 6.08 Å². The van der Waals surface area contributed by atoms with Gasteiger partial charge in [-0.2, -0.15) is 0 Å². The molecule has 208 valence electrons. The van der Waals surface area contributed by atoms with Crippen LogP contribution >= 0.6 is 0 Å². The molecule has 1 fully saturated rings. The van der Waals surface area contributed by atoms with E-state index in [4.69, 9.17) is 14.2 Å². The SMILES string of the molecule is COc1ccc(/C=C/C(=O)N2CCN(C(=O)C(C)(C)Oc3ccc(C(=O)c4ccccc4)cc3)CC2)cc1OC. The predicted octanol–water partition coefficient (Wildman–Crippen LogP) is 4.48. The molecule has 2 amide bonds. The lowest BCUT2D eigenvalue weighted by Gasteiger charge is -2.38. The van der Waals surface area contributed by atoms with E-state index in [1.807, 2.05) is 24.3 Å². The summed E-state index contributed by atoms with van der Waals surface area (Å²) in [5.41, 5.74) is 0.852. The maximum absolute atomic E-state index is 13.3. The molecule has 8 heteroatoms. The first-order chi connectivity index (χ1) is 19.2. The predicted molar refractivity (Wildman–Crippen MR) is 153 cm³/mol. The lowest BCUT2D eigenvalue weighted by atomic mass is 10.0. The number of hydrogen-bond acceptors (Lipinski definition) is 6. The van der Waals surface area contributed by atoms with Crippen molar-refractivity contribution in [2.75, 3.05) is 40.4 Å². The molecule has 0 bridgehead atoms. The van der Waals surface area contributed by atoms with E-state index in [9.17, 15) is 14.4 Å². The van der Waals surface area contributed by atoms with Crippen molar-refractivity contribution >= 4 is 23.7 Å². The number of ketones is 1. The van der Waals surface area contributed by atoms with Crippen molar-refractivity contribution in [2.24, 2.45) is 0 Å². The highest BCUT2D eigenvalue weighted by Gasteiger charge is 2.36. The van der Waals surface area contributed by atoms with Gasteiger partial charge in [-0.25, -0.2) is 0 Å². The topological polar surface area (TPSA) is 85.4 Å². The van der Waals surface area contributed by atoms with Crippen molar-refractivity contribution in [3.63, 3.8) is 0 Å². The van der Waals surface area contributed by atoms with Gasteiger partial charge in [0.2, 0.25) is 5.91 Å². The normalized spacial score (nSPS) is 13.7. The van der Waals surface area contributed by atoms with Gasteiger partial charge in [-0.15, -0.1) is 0 Å². The van der Waals surface area contributed by atoms with Crippen LogP contribution in [0.4, 0.5) is 0 Å². The molecule has 3 aromatic rings. The summed E-state index contributed by atoms with van der Waals surface area (Å²) in [6.45, 7) is 5.11. The smallest absolute Gasteiger partial charge is 0.266 e. The van der Waals surface area contributed by atoms with Gasteiger partial charge in [-0.3, -0.25) is 14.4 Å². The summed E-state index contributed by atoms with van der Waals surface area (Å²) in [6, 6.07) is 21.3. The Morgan fingerprint density at radius 3 is 1.98 bits per heavy atom. The first-order valence-corrected chi connectivity index (χ1v) is 13.1. The summed E-state index contributed by atoms with van der Waals surface area (Å²) >= 11 is 0. The minimum absolute atomic E-state index is 0.0755. The van der Waals surface area contributed by atoms with Gasteiger partial charge in [-0.05, 0) is 61.9 Å². The summed E-state index contributed by atoms with van der Waals surface area (Å²) in [6.07, 6.45) is 3.26. The van der Waals surface area contributed by atoms with Crippen LogP contribution < -0.4 is 14.2 Å². The number of amides is 2. The third-order valence-electron chi connectivity index (χ3n) is 6.75. The Hall–Kier alpha value is -4.59. The molecular formula is C32H34N2O6. The molecule has 4 rings (SSSR count). The number of methoxy groups -OCH3 is 2. The Labute approximate surface area is 234 Å². The van der Waals surface area contributed by atoms with E-state index in [1.54, 1.807) is 92.5 Å². The van der Waals surface area contributed by atoms with E-state index < -0.39 is 5.60 Å². The van der Waals surface area contributed by atoms with Crippen LogP contribution in [0, 0.1) is 0 Å². The molecule has 1 aliphatic rings. The zero-order valence-corrected chi connectivity index (χ0v) is 23.3. The molecule has 1 aliphatic heterocycles. The van der Waals surface area contributed by atoms with Crippen LogP contribution in [0.1, 0.15) is 35.3 Å². The van der Waals surface area contributed by atoms with E-state index >= 15 is 0 Å². The summed E-state index contributed by atoms with van der Waals surface area (Å²) < 4.78 is 16.6. The van der Waals surface area contributed by atoms with Crippen molar-refractivity contribution in [3.8, 4) is 17.2 Å². The number of carbonyl (C=O) groups is 3. The second-order valence-electron chi connectivity index (χ2n) is 9.90. The fourth-order valence-corrected chi connectivity index (χ4v) is 4.51. The molecule has 1 heterocycles. The molecule has 0 aliphatic carbocycles. The molecule has 8 nitrogen and oxygen atoms in total. The summed E-state index contributed by atoms with van der Waals surface area (Å²) in [4.78, 5) is 42.1. The molecular weight excluding hydrogens is 508 g/mol. The van der Waals surface area contributed by atoms with E-state index in [0.717, 1.165) is 5.56 Å². The van der Waals surface area contributed by atoms with E-state index in [-0.39, 0.29) is 17.6 Å². The fourth-order valence-electron chi connectivity index (χ4n) is 4.51. The van der Waals surface area contributed by atoms with Gasteiger partial charge >= 0.3 is 0 Å². The van der Waals surface area contributed by atoms with Gasteiger partial charge in [0, 0.05) is 43.4 Å². The largest absolute Gasteiger partial charge is 0.493 e. The second-order valence-corrected chi connectivity index (χ2v) is 9.90. The molecule has 0 spiro atoms. The minimum Gasteiger partial charge on any atom is -0.493 e. The van der Waals surface area contributed by atoms with Gasteiger partial charge in [0.1, 0.15) is 5.75 Å². The number of rotatable bonds is 9. The summed E-state index contributed by atoms with van der Waals surface area (Å²) in [5, 5.41) is 0. The average Bonchev–Trinajstić information content (AvgIpc) is 2.99. The molecule has 3 aromatic carbocycles. The Balaban J connectivity index is 1.30. The summed E-state index contributed by atoms with van der Waals surface area (Å²) in [7, 11) is 3.14. The van der Waals surface area contributed by atoms with Crippen LogP contribution in [-0.4, -0.2) is 73.4 Å². The third kappa shape index (κ3) is 6.69. The zero-order valence-electron chi connectivity index (χ0n) is 23.3. The number of benzene rings is 3. The van der Waals surface area contributed by atoms with Crippen molar-refractivity contribution < 1.29 is 28.6 Å². The zero-order chi connectivity index (χ0) is 28.7. The molecule has 40 heavy (non-hydrogen) atoms. The van der Waals surface area contributed by atoms with Crippen molar-refractivity contribution in [1.82, 2.24) is 9.80 Å². The van der Waals surface area contributed by atoms with Crippen LogP contribution in [-0.2, 0) is 9.59 Å². The highest BCUT2D eigenvalue weighted by Crippen LogP contribution is 2.28. The van der Waals surface area contributed by atoms with Gasteiger partial charge in [0.15, 0.2) is 22.9 Å². The van der Waals surface area contributed by atoms with Crippen molar-refractivity contribution in [3.05, 3.63) is 95.6 Å². The number of carbonyl (C=O) groups excluding carboxylic acids is 3. The van der Waals surface area contributed by atoms with Gasteiger partial charge in [-0.1, -0.05) is 36.4 Å². The van der Waals surface area contributed by atoms with Crippen LogP contribution in [0.2, 0.25) is 0 Å². The first-order valence-electron chi connectivity index (χ1n) is 13.1. The number of hydrogen-bond donors (Lipinski definition) is 0. The maximum Gasteiger partial charge on any atom is 0.266 e. The standard InChI is InChI=1S/C32H34N2O6/c1-32(2,40-26-14-12-25(13-15-26)30(36)24-8-6-5-7-9-24)31(37)34-20-18-33(19-21-34)29(35)17-11-23-10-16-27(38-3)28(22-23)39-4/h5-17,22H,18-21H2,1-4H3/b17-11+. The van der Waals surface area contributed by atoms with Gasteiger partial charge < -0.3 is 24.0 Å². The minimum atomic E-state index is -1.12. The van der Waals surface area contributed by atoms with E-state index in [2.05, 4.69) is 0 Å². The van der Waals surface area contributed by atoms with Crippen molar-refractivity contribution in [2.45, 2.75) is 19.4 Å². The molecule has 0 aromatic heterocycles. The van der Waals surface area contributed by atoms with Gasteiger partial charge in [0.25, 0.3) is 5.91 Å². The highest BCUT2D eigenvalue weighted by molar-refractivity contribution is 6.09. The Morgan fingerprint density at radius 2 is 1.35 bits per heavy atom. The lowest BCUT2D eigenvalue weighted by Crippen LogP contribution is -2.56. The Kier molecular flexibility index (Phi) is 8.89. The van der Waals surface area contributed by atoms with Crippen LogP contribution in [0.15, 0.2) is 78.9 Å². The molecule has 0 N–H and O–H groups in total. The number of piperazine rings is 1. The van der Waals surface area contributed by atoms with Crippen LogP contribution in [0.3, 0.4) is 0 Å². The number of nitrogens with zero attached hydrogens (tertiary/aromatic N) is 2. The van der Waals surface area contributed by atoms with Crippen molar-refractivity contribution in [1.29, 1.82) is 0 Å². The van der Waals surface area contributed by atoms with Crippen LogP contribution in [0.25, 0.3) is 6.08 Å². The number of ether oxygens (including phenoxy) is 3. The molecule has 0 unspecified atom stereocenters. The molecule has 0 atom stereocenters. The lowest BCUT2D eigenvalue weighted by molar-refractivity contribution is -0.149. The van der Waals surface area contributed by atoms with Gasteiger partial charge in [0.05, 0.1) is 14.2 Å². The maximum atomic E-state index is 13.3. The first kappa shape index (κ1) is 28.4. The highest BCUT2D eigenvalue weighted by atomic mass is 16.5. The molecule has 1 saturated heterocycles. The Bertz CT molecular complexity index is 1370. The Morgan fingerprint density at radius 1 is 0.750 bits per heavy atom. The average molecular weight is 543 g/mol. The molecule has 0 saturated carbocycles. The molecule has 0 radical (unpaired) electrons. The summed E-state index contributed by atoms with van der Waals surface area (Å²) in [5.74, 6) is 1.34. The monoisotopic (exact) mass is 542 g/mol. The van der Waals surface area contributed by atoms with Crippen LogP contribution in [0.5, 0.6) is 17.2 Å². The fraction of sp³-hybridized carbons (Fsp3) is 0.281. The van der Waals surface area contributed by atoms with E-state index in [0.29, 0.717) is 54.6 Å².